The molecular formula is C21H14Cl2N2O4S. The van der Waals surface area contributed by atoms with Crippen molar-refractivity contribution in [3.8, 4) is 11.3 Å². The van der Waals surface area contributed by atoms with E-state index in [4.69, 9.17) is 44.9 Å². The van der Waals surface area contributed by atoms with E-state index in [0.29, 0.717) is 32.8 Å². The van der Waals surface area contributed by atoms with Crippen LogP contribution in [-0.4, -0.2) is 22.1 Å². The van der Waals surface area contributed by atoms with Crippen molar-refractivity contribution < 1.29 is 19.1 Å². The number of furan rings is 1. The van der Waals surface area contributed by atoms with Crippen LogP contribution >= 0.6 is 35.4 Å². The molecule has 1 amide bonds. The minimum absolute atomic E-state index is 0.0260. The largest absolute Gasteiger partial charge is 0.478 e. The van der Waals surface area contributed by atoms with E-state index in [-0.39, 0.29) is 10.7 Å². The van der Waals surface area contributed by atoms with Crippen LogP contribution in [0.5, 0.6) is 0 Å². The molecule has 0 saturated heterocycles. The Morgan fingerprint density at radius 3 is 2.60 bits per heavy atom. The molecule has 30 heavy (non-hydrogen) atoms. The Hall–Kier alpha value is -3.13. The molecule has 1 aromatic heterocycles. The van der Waals surface area contributed by atoms with Crippen LogP contribution < -0.4 is 10.6 Å². The van der Waals surface area contributed by atoms with Crippen LogP contribution in [0.4, 0.5) is 5.69 Å². The minimum atomic E-state index is -1.06. The number of halogens is 2. The van der Waals surface area contributed by atoms with Crippen LogP contribution in [0.1, 0.15) is 16.1 Å². The predicted molar refractivity (Wildman–Crippen MR) is 121 cm³/mol. The fourth-order valence-electron chi connectivity index (χ4n) is 2.48. The average molecular weight is 461 g/mol. The zero-order valence-corrected chi connectivity index (χ0v) is 17.5. The fraction of sp³-hybridized carbons (Fsp3) is 0. The molecule has 0 atom stereocenters. The number of carboxylic acids is 1. The van der Waals surface area contributed by atoms with Gasteiger partial charge >= 0.3 is 5.97 Å². The Morgan fingerprint density at radius 2 is 1.83 bits per heavy atom. The fourth-order valence-corrected chi connectivity index (χ4v) is 3.10. The minimum Gasteiger partial charge on any atom is -0.478 e. The Morgan fingerprint density at radius 1 is 1.07 bits per heavy atom. The number of hydrogen-bond donors (Lipinski definition) is 3. The van der Waals surface area contributed by atoms with Crippen molar-refractivity contribution >= 4 is 64.2 Å². The number of carboxylic acid groups (broad SMARTS) is 1. The monoisotopic (exact) mass is 460 g/mol. The van der Waals surface area contributed by atoms with Gasteiger partial charge in [-0.1, -0.05) is 35.3 Å². The predicted octanol–water partition coefficient (Wildman–Crippen LogP) is 5.48. The zero-order chi connectivity index (χ0) is 21.7. The van der Waals surface area contributed by atoms with Crippen LogP contribution in [0.15, 0.2) is 65.1 Å². The quantitative estimate of drug-likeness (QED) is 0.345. The van der Waals surface area contributed by atoms with E-state index < -0.39 is 11.9 Å². The Labute approximate surface area is 187 Å². The third-order valence-corrected chi connectivity index (χ3v) is 4.87. The van der Waals surface area contributed by atoms with Gasteiger partial charge in [0.15, 0.2) is 5.11 Å². The average Bonchev–Trinajstić information content (AvgIpc) is 3.17. The van der Waals surface area contributed by atoms with Crippen LogP contribution in [0.2, 0.25) is 10.0 Å². The molecule has 0 aliphatic carbocycles. The molecule has 3 aromatic rings. The molecule has 152 valence electrons. The number of rotatable bonds is 5. The highest BCUT2D eigenvalue weighted by molar-refractivity contribution is 7.80. The number of thiocarbonyl (C=S) groups is 1. The first-order valence-corrected chi connectivity index (χ1v) is 9.67. The summed E-state index contributed by atoms with van der Waals surface area (Å²) in [4.78, 5) is 23.1. The van der Waals surface area contributed by atoms with E-state index in [9.17, 15) is 9.59 Å². The number of anilines is 1. The van der Waals surface area contributed by atoms with Gasteiger partial charge in [-0.05, 0) is 60.8 Å². The number of hydrogen-bond acceptors (Lipinski definition) is 4. The highest BCUT2D eigenvalue weighted by Crippen LogP contribution is 2.34. The van der Waals surface area contributed by atoms with Gasteiger partial charge in [-0.15, -0.1) is 0 Å². The van der Waals surface area contributed by atoms with Crippen molar-refractivity contribution in [2.75, 3.05) is 5.32 Å². The lowest BCUT2D eigenvalue weighted by atomic mass is 10.2. The molecule has 9 heteroatoms. The summed E-state index contributed by atoms with van der Waals surface area (Å²) in [5.41, 5.74) is 1.18. The summed E-state index contributed by atoms with van der Waals surface area (Å²) in [5.74, 6) is -0.601. The van der Waals surface area contributed by atoms with Crippen molar-refractivity contribution in [1.29, 1.82) is 0 Å². The molecule has 0 unspecified atom stereocenters. The summed E-state index contributed by atoms with van der Waals surface area (Å²) in [6, 6.07) is 14.7. The second-order valence-corrected chi connectivity index (χ2v) is 7.16. The number of aromatic carboxylic acids is 1. The van der Waals surface area contributed by atoms with Gasteiger partial charge in [0.1, 0.15) is 11.5 Å². The normalized spacial score (nSPS) is 10.7. The highest BCUT2D eigenvalue weighted by atomic mass is 35.5. The van der Waals surface area contributed by atoms with Gasteiger partial charge in [0.2, 0.25) is 5.91 Å². The summed E-state index contributed by atoms with van der Waals surface area (Å²) in [6.45, 7) is 0. The second kappa shape index (κ2) is 9.58. The number of carbonyl (C=O) groups is 2. The van der Waals surface area contributed by atoms with Crippen molar-refractivity contribution in [3.05, 3.63) is 82.0 Å². The highest BCUT2D eigenvalue weighted by Gasteiger charge is 2.10. The Kier molecular flexibility index (Phi) is 6.89. The summed E-state index contributed by atoms with van der Waals surface area (Å²) >= 11 is 17.3. The van der Waals surface area contributed by atoms with E-state index in [0.717, 1.165) is 0 Å². The maximum atomic E-state index is 12.1. The van der Waals surface area contributed by atoms with E-state index >= 15 is 0 Å². The second-order valence-electron chi connectivity index (χ2n) is 5.97. The smallest absolute Gasteiger partial charge is 0.335 e. The molecule has 0 radical (unpaired) electrons. The maximum Gasteiger partial charge on any atom is 0.335 e. The molecule has 0 spiro atoms. The molecule has 1 heterocycles. The van der Waals surface area contributed by atoms with Crippen molar-refractivity contribution in [2.24, 2.45) is 0 Å². The SMILES string of the molecule is O=C(/C=C/c1ccc(-c2cccc(Cl)c2Cl)o1)NC(=S)Nc1cccc(C(=O)O)c1. The van der Waals surface area contributed by atoms with E-state index in [1.54, 1.807) is 42.5 Å². The Bertz CT molecular complexity index is 1160. The number of benzene rings is 2. The molecular weight excluding hydrogens is 447 g/mol. The van der Waals surface area contributed by atoms with Crippen molar-refractivity contribution in [2.45, 2.75) is 0 Å². The number of nitrogens with one attached hydrogen (secondary N) is 2. The first kappa shape index (κ1) is 21.6. The molecule has 0 saturated carbocycles. The summed E-state index contributed by atoms with van der Waals surface area (Å²) in [6.07, 6.45) is 2.73. The first-order valence-electron chi connectivity index (χ1n) is 8.51. The van der Waals surface area contributed by atoms with Crippen molar-refractivity contribution in [3.63, 3.8) is 0 Å². The Balaban J connectivity index is 1.60. The summed E-state index contributed by atoms with van der Waals surface area (Å²) in [7, 11) is 0. The van der Waals surface area contributed by atoms with Gasteiger partial charge in [-0.3, -0.25) is 10.1 Å². The molecule has 2 aromatic carbocycles. The number of amides is 1. The molecule has 6 nitrogen and oxygen atoms in total. The third-order valence-electron chi connectivity index (χ3n) is 3.85. The first-order chi connectivity index (χ1) is 14.3. The lowest BCUT2D eigenvalue weighted by molar-refractivity contribution is -0.115. The van der Waals surface area contributed by atoms with Crippen molar-refractivity contribution in [1.82, 2.24) is 5.32 Å². The molecule has 0 fully saturated rings. The van der Waals surface area contributed by atoms with E-state index in [2.05, 4.69) is 10.6 Å². The molecule has 3 rings (SSSR count). The van der Waals surface area contributed by atoms with Gasteiger partial charge in [0, 0.05) is 17.3 Å². The topological polar surface area (TPSA) is 91.6 Å². The van der Waals surface area contributed by atoms with Gasteiger partial charge in [-0.25, -0.2) is 4.79 Å². The number of carbonyl (C=O) groups excluding carboxylic acids is 1. The van der Waals surface area contributed by atoms with Crippen LogP contribution in [0.3, 0.4) is 0 Å². The lowest BCUT2D eigenvalue weighted by Crippen LogP contribution is -2.32. The van der Waals surface area contributed by atoms with Gasteiger partial charge in [0.05, 0.1) is 15.6 Å². The third kappa shape index (κ3) is 5.48. The molecule has 3 N–H and O–H groups in total. The zero-order valence-electron chi connectivity index (χ0n) is 15.2. The maximum absolute atomic E-state index is 12.1. The standard InChI is InChI=1S/C21H14Cl2N2O4S/c22-16-6-2-5-15(19(16)23)17-9-7-14(29-17)8-10-18(26)25-21(30)24-13-4-1-3-12(11-13)20(27)28/h1-11H,(H,27,28)(H2,24,25,26,30)/b10-8+. The van der Waals surface area contributed by atoms with Gasteiger partial charge in [-0.2, -0.15) is 0 Å². The van der Waals surface area contributed by atoms with E-state index in [1.165, 1.54) is 24.3 Å². The van der Waals surface area contributed by atoms with E-state index in [1.807, 2.05) is 0 Å². The van der Waals surface area contributed by atoms with Crippen LogP contribution in [0, 0.1) is 0 Å². The summed E-state index contributed by atoms with van der Waals surface area (Å²) < 4.78 is 5.68. The van der Waals surface area contributed by atoms with Crippen LogP contribution in [0.25, 0.3) is 17.4 Å². The molecule has 0 bridgehead atoms. The van der Waals surface area contributed by atoms with Crippen LogP contribution in [-0.2, 0) is 4.79 Å². The summed E-state index contributed by atoms with van der Waals surface area (Å²) in [5, 5.41) is 15.1. The van der Waals surface area contributed by atoms with Gasteiger partial charge in [0.25, 0.3) is 0 Å². The van der Waals surface area contributed by atoms with Gasteiger partial charge < -0.3 is 14.8 Å². The molecule has 0 aliphatic heterocycles. The molecule has 0 aliphatic rings. The lowest BCUT2D eigenvalue weighted by Gasteiger charge is -2.08.